The van der Waals surface area contributed by atoms with Crippen molar-refractivity contribution in [2.45, 2.75) is 0 Å². The van der Waals surface area contributed by atoms with Gasteiger partial charge in [-0.15, -0.1) is 0 Å². The van der Waals surface area contributed by atoms with Crippen LogP contribution < -0.4 is 0 Å². The standard InChI is InChI=1S/C9H6ClN3.C5H4BrN.C5H4N.C4H2Cl2N2.3BrH.2Zn/c10-9-12-5-3-8(13-9)7-2-1-4-11-6-7;6-5-2-1-3-7-4-5;1-2-4-6-5-3-1;5-3-1-2-7-4(6)8-3;;;;;/h1-6H;1-4H;1-2,4-5H;1-2H;3*1H;;/q;;-1;;;;;2*+2/p-3. The van der Waals surface area contributed by atoms with Gasteiger partial charge < -0.3 is 4.98 Å². The number of hydrogen-bond acceptors (Lipinski definition) is 7. The third kappa shape index (κ3) is 23.0. The van der Waals surface area contributed by atoms with Crippen molar-refractivity contribution in [1.82, 2.24) is 34.9 Å². The Kier molecular flexibility index (Phi) is 27.5. The van der Waals surface area contributed by atoms with Crippen molar-refractivity contribution in [1.29, 1.82) is 0 Å². The molecule has 0 atom stereocenters. The Morgan fingerprint density at radius 3 is 1.64 bits per heavy atom. The minimum atomic E-state index is -0.250. The maximum atomic E-state index is 5.65. The predicted octanol–water partition coefficient (Wildman–Crippen LogP) is 9.23. The van der Waals surface area contributed by atoms with E-state index in [4.69, 9.17) is 34.8 Å². The van der Waals surface area contributed by atoms with Crippen molar-refractivity contribution in [2.24, 2.45) is 0 Å². The van der Waals surface area contributed by atoms with E-state index in [1.54, 1.807) is 55.5 Å². The number of pyridine rings is 3. The molecule has 7 nitrogen and oxygen atoms in total. The van der Waals surface area contributed by atoms with E-state index >= 15 is 0 Å². The predicted molar refractivity (Wildman–Crippen MR) is 164 cm³/mol. The number of nitrogens with zero attached hydrogens (tertiary/aromatic N) is 7. The van der Waals surface area contributed by atoms with Crippen LogP contribution in [0, 0.1) is 6.07 Å². The molecule has 0 fully saturated rings. The van der Waals surface area contributed by atoms with Crippen LogP contribution in [-0.4, -0.2) is 34.9 Å². The zero-order valence-corrected chi connectivity index (χ0v) is 34.5. The van der Waals surface area contributed by atoms with E-state index in [1.807, 2.05) is 36.4 Å². The van der Waals surface area contributed by atoms with Crippen molar-refractivity contribution < 1.29 is 29.5 Å². The fraction of sp³-hybridized carbons (Fsp3) is 0. The number of rotatable bonds is 1. The van der Waals surface area contributed by atoms with Crippen LogP contribution in [0.3, 0.4) is 0 Å². The second-order valence-electron chi connectivity index (χ2n) is 5.83. The van der Waals surface area contributed by atoms with Gasteiger partial charge in [0.2, 0.25) is 10.6 Å². The van der Waals surface area contributed by atoms with Gasteiger partial charge in [-0.05, 0) is 75.5 Å². The number of hydrogen-bond donors (Lipinski definition) is 0. The summed E-state index contributed by atoms with van der Waals surface area (Å²) in [7, 11) is 0. The first-order valence-electron chi connectivity index (χ1n) is 10.2. The molecule has 5 aromatic heterocycles. The number of halogens is 7. The fourth-order valence-electron chi connectivity index (χ4n) is 1.94. The third-order valence-electron chi connectivity index (χ3n) is 3.31. The van der Waals surface area contributed by atoms with Crippen LogP contribution in [0.25, 0.3) is 11.3 Å². The topological polar surface area (TPSA) is 90.2 Å². The van der Waals surface area contributed by atoms with Gasteiger partial charge in [-0.25, -0.2) is 32.1 Å². The molecule has 196 valence electrons. The molecule has 0 aliphatic rings. The maximum absolute atomic E-state index is 5.65. The van der Waals surface area contributed by atoms with Gasteiger partial charge in [0, 0.05) is 47.2 Å². The molecule has 0 saturated heterocycles. The van der Waals surface area contributed by atoms with Crippen LogP contribution in [0.5, 0.6) is 0 Å². The van der Waals surface area contributed by atoms with Gasteiger partial charge in [-0.3, -0.25) is 9.97 Å². The molecule has 0 aliphatic carbocycles. The molecule has 0 spiro atoms. The summed E-state index contributed by atoms with van der Waals surface area (Å²) in [4.78, 5) is 26.6. The molecular formula is C23H16Br4Cl3N7Zn2. The molecular weight excluding hydrogens is 931 g/mol. The first kappa shape index (κ1) is 38.6. The first-order valence-corrected chi connectivity index (χ1v) is 33.0. The normalized spacial score (nSPS) is 8.44. The first-order chi connectivity index (χ1) is 19.0. The van der Waals surface area contributed by atoms with Crippen LogP contribution >= 0.6 is 91.6 Å². The van der Waals surface area contributed by atoms with Crippen LogP contribution in [0.15, 0.2) is 103 Å². The summed E-state index contributed by atoms with van der Waals surface area (Å²) in [6.07, 6.45) is 13.4. The van der Waals surface area contributed by atoms with Gasteiger partial charge in [-0.1, -0.05) is 24.0 Å². The van der Waals surface area contributed by atoms with Gasteiger partial charge in [0.25, 0.3) is 0 Å². The summed E-state index contributed by atoms with van der Waals surface area (Å²) in [6, 6.07) is 17.4. The Morgan fingerprint density at radius 2 is 1.31 bits per heavy atom. The summed E-state index contributed by atoms with van der Waals surface area (Å²) in [5, 5.41) is 0.795. The molecule has 16 heteroatoms. The van der Waals surface area contributed by atoms with Gasteiger partial charge >= 0.3 is 70.4 Å². The van der Waals surface area contributed by atoms with Crippen molar-refractivity contribution in [3.63, 3.8) is 0 Å². The van der Waals surface area contributed by atoms with Crippen LogP contribution in [-0.2, 0) is 29.5 Å². The summed E-state index contributed by atoms with van der Waals surface area (Å²) < 4.78 is 1.02. The van der Waals surface area contributed by atoms with Gasteiger partial charge in [0.05, 0.1) is 5.69 Å². The molecule has 5 aromatic rings. The van der Waals surface area contributed by atoms with E-state index in [9.17, 15) is 0 Å². The minimum Gasteiger partial charge on any atom is -0.304 e. The molecule has 39 heavy (non-hydrogen) atoms. The largest absolute Gasteiger partial charge is 0.304 e. The zero-order chi connectivity index (χ0) is 29.1. The van der Waals surface area contributed by atoms with E-state index in [0.717, 1.165) is 15.7 Å². The summed E-state index contributed by atoms with van der Waals surface area (Å²) in [5.41, 5.74) is 1.72. The summed E-state index contributed by atoms with van der Waals surface area (Å²) >= 11 is 30.1. The van der Waals surface area contributed by atoms with E-state index in [2.05, 4.69) is 97.8 Å². The van der Waals surface area contributed by atoms with Gasteiger partial charge in [-0.2, -0.15) is 6.07 Å². The van der Waals surface area contributed by atoms with Crippen LogP contribution in [0.2, 0.25) is 15.7 Å². The molecule has 0 saturated carbocycles. The molecule has 5 rings (SSSR count). The Labute approximate surface area is 288 Å². The Morgan fingerprint density at radius 1 is 0.718 bits per heavy atom. The summed E-state index contributed by atoms with van der Waals surface area (Å²) in [5.74, 6) is 0. The van der Waals surface area contributed by atoms with Crippen molar-refractivity contribution in [3.8, 4) is 11.3 Å². The Balaban J connectivity index is 0.000000486. The Hall–Kier alpha value is -0.353. The molecule has 5 heterocycles. The maximum Gasteiger partial charge on any atom is -0.0558 e. The summed E-state index contributed by atoms with van der Waals surface area (Å²) in [6.45, 7) is 0. The molecule has 0 bridgehead atoms. The van der Waals surface area contributed by atoms with E-state index < -0.39 is 0 Å². The minimum absolute atomic E-state index is 0.178. The van der Waals surface area contributed by atoms with E-state index in [1.165, 1.54) is 22.5 Å². The number of aromatic nitrogens is 7. The van der Waals surface area contributed by atoms with E-state index in [0.29, 0.717) is 5.15 Å². The molecule has 0 radical (unpaired) electrons. The van der Waals surface area contributed by atoms with Crippen molar-refractivity contribution >= 4 is 91.6 Å². The SMILES string of the molecule is Brc1cccnc1.Clc1ccnc(Cl)n1.Clc1nccc(-c2cccnc2)n1.[Br][Zn][Br].[Zn+][Br].[c-]1cccnc1. The van der Waals surface area contributed by atoms with E-state index in [-0.39, 0.29) is 23.8 Å². The van der Waals surface area contributed by atoms with Crippen molar-refractivity contribution in [2.75, 3.05) is 0 Å². The Bertz CT molecular complexity index is 1200. The average Bonchev–Trinajstić information content (AvgIpc) is 2.97. The average molecular weight is 947 g/mol. The van der Waals surface area contributed by atoms with Crippen LogP contribution in [0.1, 0.15) is 0 Å². The monoisotopic (exact) mass is 939 g/mol. The van der Waals surface area contributed by atoms with Gasteiger partial charge in [0.1, 0.15) is 5.15 Å². The quantitative estimate of drug-likeness (QED) is 0.0717. The molecule has 0 aromatic carbocycles. The fourth-order valence-corrected chi connectivity index (χ4v) is 2.69. The molecule has 0 amide bonds. The van der Waals surface area contributed by atoms with Crippen LogP contribution in [0.4, 0.5) is 0 Å². The molecule has 0 N–H and O–H groups in total. The smallest absolute Gasteiger partial charge is 0.0558 e. The second-order valence-corrected chi connectivity index (χ2v) is 21.9. The third-order valence-corrected chi connectivity index (χ3v) is 4.36. The van der Waals surface area contributed by atoms with Gasteiger partial charge in [0.15, 0.2) is 0 Å². The zero-order valence-electron chi connectivity index (χ0n) is 19.9. The molecule has 0 unspecified atom stereocenters. The molecule has 0 aliphatic heterocycles. The van der Waals surface area contributed by atoms with Crippen molar-refractivity contribution in [3.05, 3.63) is 124 Å². The second kappa shape index (κ2) is 27.8.